The fraction of sp³-hybridized carbons (Fsp3) is 0.0870. The zero-order chi connectivity index (χ0) is 22.0. The lowest BCUT2D eigenvalue weighted by Gasteiger charge is -2.09. The Labute approximate surface area is 179 Å². The van der Waals surface area contributed by atoms with E-state index in [1.54, 1.807) is 35.1 Å². The smallest absolute Gasteiger partial charge is 0.238 e. The first kappa shape index (κ1) is 20.8. The topological polar surface area (TPSA) is 87.2 Å². The Bertz CT molecular complexity index is 1340. The zero-order valence-corrected chi connectivity index (χ0v) is 17.5. The van der Waals surface area contributed by atoms with Gasteiger partial charge in [-0.25, -0.2) is 17.9 Å². The van der Waals surface area contributed by atoms with E-state index < -0.39 is 15.8 Å². The summed E-state index contributed by atoms with van der Waals surface area (Å²) in [6, 6.07) is 20.6. The van der Waals surface area contributed by atoms with E-state index in [2.05, 4.69) is 5.10 Å². The van der Waals surface area contributed by atoms with Crippen LogP contribution < -0.4 is 9.88 Å². The predicted molar refractivity (Wildman–Crippen MR) is 117 cm³/mol. The molecule has 0 saturated carbocycles. The number of rotatable bonds is 6. The van der Waals surface area contributed by atoms with Crippen LogP contribution in [-0.2, 0) is 16.6 Å². The minimum atomic E-state index is -3.99. The number of methoxy groups -OCH3 is 1. The Hall–Kier alpha value is -3.49. The third-order valence-electron chi connectivity index (χ3n) is 4.86. The largest absolute Gasteiger partial charge is 0.494 e. The van der Waals surface area contributed by atoms with Crippen LogP contribution >= 0.6 is 0 Å². The molecule has 1 aromatic heterocycles. The highest BCUT2D eigenvalue weighted by molar-refractivity contribution is 7.89. The van der Waals surface area contributed by atoms with Crippen molar-refractivity contribution >= 4 is 10.0 Å². The summed E-state index contributed by atoms with van der Waals surface area (Å²) in [6.07, 6.45) is 1.77. The van der Waals surface area contributed by atoms with Gasteiger partial charge in [-0.3, -0.25) is 4.68 Å². The molecular weight excluding hydrogens is 417 g/mol. The van der Waals surface area contributed by atoms with E-state index in [-0.39, 0.29) is 10.6 Å². The molecule has 0 bridgehead atoms. The Kier molecular flexibility index (Phi) is 5.58. The maximum absolute atomic E-state index is 14.4. The molecule has 158 valence electrons. The Morgan fingerprint density at radius 3 is 2.39 bits per heavy atom. The number of sulfonamides is 1. The van der Waals surface area contributed by atoms with Crippen molar-refractivity contribution in [1.82, 2.24) is 9.78 Å². The van der Waals surface area contributed by atoms with Crippen LogP contribution in [0, 0.1) is 5.82 Å². The molecule has 0 unspecified atom stereocenters. The molecule has 8 heteroatoms. The van der Waals surface area contributed by atoms with E-state index >= 15 is 0 Å². The molecule has 0 aliphatic carbocycles. The van der Waals surface area contributed by atoms with E-state index in [0.717, 1.165) is 5.56 Å². The molecule has 0 aliphatic rings. The van der Waals surface area contributed by atoms with Gasteiger partial charge in [-0.2, -0.15) is 5.10 Å². The van der Waals surface area contributed by atoms with Crippen molar-refractivity contribution in [3.8, 4) is 28.1 Å². The highest BCUT2D eigenvalue weighted by Crippen LogP contribution is 2.36. The maximum atomic E-state index is 14.4. The number of nitrogens with zero attached hydrogens (tertiary/aromatic N) is 2. The zero-order valence-electron chi connectivity index (χ0n) is 16.7. The van der Waals surface area contributed by atoms with E-state index in [1.165, 1.54) is 25.3 Å². The number of nitrogens with two attached hydrogens (primary N) is 1. The Morgan fingerprint density at radius 1 is 1.00 bits per heavy atom. The Morgan fingerprint density at radius 2 is 1.71 bits per heavy atom. The van der Waals surface area contributed by atoms with E-state index in [9.17, 15) is 12.8 Å². The van der Waals surface area contributed by atoms with Crippen molar-refractivity contribution in [3.05, 3.63) is 90.4 Å². The molecule has 0 atom stereocenters. The number of primary sulfonamides is 1. The van der Waals surface area contributed by atoms with Crippen molar-refractivity contribution in [2.75, 3.05) is 7.11 Å². The van der Waals surface area contributed by atoms with Gasteiger partial charge in [0.05, 0.1) is 18.6 Å². The second-order valence-electron chi connectivity index (χ2n) is 6.97. The number of hydrogen-bond donors (Lipinski definition) is 1. The van der Waals surface area contributed by atoms with Gasteiger partial charge in [0.25, 0.3) is 0 Å². The average molecular weight is 437 g/mol. The molecule has 0 fully saturated rings. The normalized spacial score (nSPS) is 11.5. The third kappa shape index (κ3) is 4.35. The van der Waals surface area contributed by atoms with E-state index in [0.29, 0.717) is 28.9 Å². The van der Waals surface area contributed by atoms with Crippen molar-refractivity contribution < 1.29 is 17.5 Å². The second kappa shape index (κ2) is 8.33. The molecule has 4 rings (SSSR count). The van der Waals surface area contributed by atoms with Crippen LogP contribution in [0.5, 0.6) is 5.75 Å². The number of hydrogen-bond acceptors (Lipinski definition) is 4. The van der Waals surface area contributed by atoms with Gasteiger partial charge in [-0.05, 0) is 29.3 Å². The summed E-state index contributed by atoms with van der Waals surface area (Å²) < 4.78 is 45.5. The fourth-order valence-electron chi connectivity index (χ4n) is 3.43. The summed E-state index contributed by atoms with van der Waals surface area (Å²) in [5, 5.41) is 10.1. The van der Waals surface area contributed by atoms with Crippen LogP contribution in [0.15, 0.2) is 83.9 Å². The molecule has 31 heavy (non-hydrogen) atoms. The van der Waals surface area contributed by atoms with Crippen LogP contribution in [0.2, 0.25) is 0 Å². The standard InChI is InChI=1S/C23H20FN3O3S/c1-30-21-12-11-17(13-20(21)24)19-15-27(14-16-7-3-2-4-8-16)26-23(19)18-9-5-6-10-22(18)31(25,28)29/h2-13,15H,14H2,1H3,(H2,25,28,29). The van der Waals surface area contributed by atoms with Gasteiger partial charge in [0.15, 0.2) is 11.6 Å². The summed E-state index contributed by atoms with van der Waals surface area (Å²) in [6.45, 7) is 0.462. The number of aromatic nitrogens is 2. The van der Waals surface area contributed by atoms with Gasteiger partial charge in [0.2, 0.25) is 10.0 Å². The van der Waals surface area contributed by atoms with E-state index in [4.69, 9.17) is 9.88 Å². The Balaban J connectivity index is 1.91. The van der Waals surface area contributed by atoms with Crippen molar-refractivity contribution in [1.29, 1.82) is 0 Å². The lowest BCUT2D eigenvalue weighted by Crippen LogP contribution is -2.13. The summed E-state index contributed by atoms with van der Waals surface area (Å²) in [7, 11) is -2.60. The van der Waals surface area contributed by atoms with Crippen LogP contribution in [0.1, 0.15) is 5.56 Å². The minimum absolute atomic E-state index is 0.0461. The molecule has 0 radical (unpaired) electrons. The molecule has 4 aromatic rings. The molecule has 0 spiro atoms. The molecule has 2 N–H and O–H groups in total. The van der Waals surface area contributed by atoms with E-state index in [1.807, 2.05) is 30.3 Å². The molecule has 6 nitrogen and oxygen atoms in total. The van der Waals surface area contributed by atoms with Gasteiger partial charge in [0, 0.05) is 17.3 Å². The highest BCUT2D eigenvalue weighted by atomic mass is 32.2. The first-order valence-electron chi connectivity index (χ1n) is 9.44. The van der Waals surface area contributed by atoms with Crippen molar-refractivity contribution in [2.45, 2.75) is 11.4 Å². The summed E-state index contributed by atoms with van der Waals surface area (Å²) in [4.78, 5) is -0.0461. The fourth-order valence-corrected chi connectivity index (χ4v) is 4.17. The monoisotopic (exact) mass is 437 g/mol. The van der Waals surface area contributed by atoms with Crippen LogP contribution in [-0.4, -0.2) is 25.3 Å². The quantitative estimate of drug-likeness (QED) is 0.493. The molecular formula is C23H20FN3O3S. The van der Waals surface area contributed by atoms with Gasteiger partial charge in [-0.1, -0.05) is 54.6 Å². The van der Waals surface area contributed by atoms with Crippen molar-refractivity contribution in [3.63, 3.8) is 0 Å². The van der Waals surface area contributed by atoms with Gasteiger partial charge < -0.3 is 4.74 Å². The summed E-state index contributed by atoms with van der Waals surface area (Å²) in [5.74, 6) is -0.409. The molecule has 0 amide bonds. The lowest BCUT2D eigenvalue weighted by atomic mass is 10.0. The molecule has 3 aromatic carbocycles. The van der Waals surface area contributed by atoms with Gasteiger partial charge in [-0.15, -0.1) is 0 Å². The number of ether oxygens (including phenoxy) is 1. The first-order chi connectivity index (χ1) is 14.9. The van der Waals surface area contributed by atoms with Gasteiger partial charge in [0.1, 0.15) is 5.69 Å². The first-order valence-corrected chi connectivity index (χ1v) is 11.0. The van der Waals surface area contributed by atoms with Crippen LogP contribution in [0.4, 0.5) is 4.39 Å². The molecule has 1 heterocycles. The third-order valence-corrected chi connectivity index (χ3v) is 5.83. The maximum Gasteiger partial charge on any atom is 0.238 e. The highest BCUT2D eigenvalue weighted by Gasteiger charge is 2.21. The van der Waals surface area contributed by atoms with Crippen LogP contribution in [0.25, 0.3) is 22.4 Å². The predicted octanol–water partition coefficient (Wildman–Crippen LogP) is 4.06. The van der Waals surface area contributed by atoms with Crippen molar-refractivity contribution in [2.24, 2.45) is 5.14 Å². The lowest BCUT2D eigenvalue weighted by molar-refractivity contribution is 0.386. The minimum Gasteiger partial charge on any atom is -0.494 e. The molecule has 0 saturated heterocycles. The molecule has 0 aliphatic heterocycles. The second-order valence-corrected chi connectivity index (χ2v) is 8.49. The number of benzene rings is 3. The number of halogens is 1. The average Bonchev–Trinajstić information content (AvgIpc) is 3.17. The van der Waals surface area contributed by atoms with Gasteiger partial charge >= 0.3 is 0 Å². The SMILES string of the molecule is COc1ccc(-c2cn(Cc3ccccc3)nc2-c2ccccc2S(N)(=O)=O)cc1F. The van der Waals surface area contributed by atoms with Crippen LogP contribution in [0.3, 0.4) is 0 Å². The summed E-state index contributed by atoms with van der Waals surface area (Å²) >= 11 is 0. The summed E-state index contributed by atoms with van der Waals surface area (Å²) in [5.41, 5.74) is 2.88.